The maximum absolute atomic E-state index is 13.2. The van der Waals surface area contributed by atoms with Crippen LogP contribution in [0.5, 0.6) is 0 Å². The summed E-state index contributed by atoms with van der Waals surface area (Å²) in [5.41, 5.74) is -0.112. The summed E-state index contributed by atoms with van der Waals surface area (Å²) in [4.78, 5) is 21.6. The van der Waals surface area contributed by atoms with Gasteiger partial charge in [-0.2, -0.15) is 13.2 Å². The number of amides is 1. The zero-order chi connectivity index (χ0) is 26.0. The number of carbonyl (C=O) groups is 1. The average molecular weight is 516 g/mol. The van der Waals surface area contributed by atoms with E-state index in [1.807, 2.05) is 28.0 Å². The molecule has 0 unspecified atom stereocenters. The van der Waals surface area contributed by atoms with Gasteiger partial charge in [0.2, 0.25) is 5.91 Å². The summed E-state index contributed by atoms with van der Waals surface area (Å²) in [5, 5.41) is 11.1. The van der Waals surface area contributed by atoms with Gasteiger partial charge in [-0.05, 0) is 93.5 Å². The van der Waals surface area contributed by atoms with Crippen LogP contribution in [0.1, 0.15) is 62.6 Å². The molecule has 8 heteroatoms. The normalized spacial score (nSPS) is 27.5. The van der Waals surface area contributed by atoms with E-state index in [0.29, 0.717) is 43.5 Å². The highest BCUT2D eigenvalue weighted by Gasteiger charge is 2.38. The molecule has 1 N–H and O–H groups in total. The molecule has 1 aliphatic carbocycles. The molecule has 5 nitrogen and oxygen atoms in total. The first-order valence-corrected chi connectivity index (χ1v) is 13.6. The molecule has 1 atom stereocenters. The monoisotopic (exact) mass is 515 g/mol. The van der Waals surface area contributed by atoms with Crippen LogP contribution in [-0.2, 0) is 16.6 Å². The van der Waals surface area contributed by atoms with Gasteiger partial charge in [0.05, 0.1) is 11.3 Å². The van der Waals surface area contributed by atoms with Gasteiger partial charge in [0, 0.05) is 44.0 Å². The Labute approximate surface area is 216 Å². The first kappa shape index (κ1) is 26.0. The Morgan fingerprint density at radius 2 is 1.73 bits per heavy atom. The lowest BCUT2D eigenvalue weighted by molar-refractivity contribution is -0.137. The van der Waals surface area contributed by atoms with E-state index in [0.717, 1.165) is 63.4 Å². The first-order chi connectivity index (χ1) is 17.7. The number of nitrogens with zero attached hydrogens (tertiary/aromatic N) is 3. The second-order valence-electron chi connectivity index (χ2n) is 11.2. The number of alkyl halides is 3. The number of carbonyl (C=O) groups excluding carboxylic acids is 1. The fraction of sp³-hybridized carbons (Fsp3) is 0.586. The Kier molecular flexibility index (Phi) is 7.48. The number of pyridine rings is 1. The van der Waals surface area contributed by atoms with E-state index in [1.54, 1.807) is 12.3 Å². The molecule has 0 bridgehead atoms. The largest absolute Gasteiger partial charge is 0.416 e. The van der Waals surface area contributed by atoms with Crippen molar-refractivity contribution in [3.63, 3.8) is 0 Å². The Hall–Kier alpha value is -2.61. The number of aromatic nitrogens is 1. The molecule has 0 spiro atoms. The molecule has 5 rings (SSSR count). The lowest BCUT2D eigenvalue weighted by atomic mass is 9.74. The van der Waals surface area contributed by atoms with Crippen LogP contribution in [0.2, 0.25) is 0 Å². The number of halogens is 3. The zero-order valence-corrected chi connectivity index (χ0v) is 21.2. The maximum Gasteiger partial charge on any atom is 0.416 e. The summed E-state index contributed by atoms with van der Waals surface area (Å²) in [6, 6.07) is 11.2. The highest BCUT2D eigenvalue weighted by molar-refractivity contribution is 5.79. The minimum atomic E-state index is -4.35. The number of hydrogen-bond donors (Lipinski definition) is 1. The molecular weight excluding hydrogens is 479 g/mol. The van der Waals surface area contributed by atoms with Gasteiger partial charge < -0.3 is 14.9 Å². The van der Waals surface area contributed by atoms with Gasteiger partial charge in [0.1, 0.15) is 5.60 Å². The molecule has 2 saturated heterocycles. The van der Waals surface area contributed by atoms with Crippen molar-refractivity contribution in [1.82, 2.24) is 9.88 Å². The van der Waals surface area contributed by atoms with Gasteiger partial charge in [0.15, 0.2) is 0 Å². The fourth-order valence-corrected chi connectivity index (χ4v) is 6.50. The number of rotatable bonds is 5. The highest BCUT2D eigenvalue weighted by atomic mass is 19.4. The fourth-order valence-electron chi connectivity index (χ4n) is 6.50. The summed E-state index contributed by atoms with van der Waals surface area (Å²) in [6.45, 7) is 2.78. The van der Waals surface area contributed by atoms with Crippen molar-refractivity contribution in [2.45, 2.75) is 63.1 Å². The van der Waals surface area contributed by atoms with Crippen molar-refractivity contribution in [1.29, 1.82) is 0 Å². The van der Waals surface area contributed by atoms with E-state index in [2.05, 4.69) is 4.98 Å². The summed E-state index contributed by atoms with van der Waals surface area (Å²) in [7, 11) is 0. The molecule has 1 saturated carbocycles. The Morgan fingerprint density at radius 3 is 2.41 bits per heavy atom. The lowest BCUT2D eigenvalue weighted by Crippen LogP contribution is -2.42. The number of anilines is 1. The number of hydrogen-bond acceptors (Lipinski definition) is 4. The van der Waals surface area contributed by atoms with E-state index >= 15 is 0 Å². The van der Waals surface area contributed by atoms with Gasteiger partial charge in [0.25, 0.3) is 0 Å². The first-order valence-electron chi connectivity index (χ1n) is 13.6. The summed E-state index contributed by atoms with van der Waals surface area (Å²) < 4.78 is 39.2. The zero-order valence-electron chi connectivity index (χ0n) is 21.2. The average Bonchev–Trinajstić information content (AvgIpc) is 3.38. The minimum absolute atomic E-state index is 0.0520. The molecule has 2 aromatic rings. The summed E-state index contributed by atoms with van der Waals surface area (Å²) in [5.74, 6) is 1.23. The number of benzene rings is 1. The van der Waals surface area contributed by atoms with E-state index in [9.17, 15) is 23.1 Å². The van der Waals surface area contributed by atoms with Gasteiger partial charge in [-0.15, -0.1) is 0 Å². The molecule has 3 fully saturated rings. The van der Waals surface area contributed by atoms with Crippen molar-refractivity contribution in [2.24, 2.45) is 17.8 Å². The van der Waals surface area contributed by atoms with E-state index < -0.39 is 17.3 Å². The Morgan fingerprint density at radius 1 is 0.973 bits per heavy atom. The quantitative estimate of drug-likeness (QED) is 0.561. The third-order valence-electron chi connectivity index (χ3n) is 8.72. The van der Waals surface area contributed by atoms with E-state index in [1.165, 1.54) is 12.1 Å². The van der Waals surface area contributed by atoms with E-state index in [-0.39, 0.29) is 11.8 Å². The maximum atomic E-state index is 13.2. The lowest BCUT2D eigenvalue weighted by Gasteiger charge is -2.36. The van der Waals surface area contributed by atoms with Crippen LogP contribution in [0.25, 0.3) is 0 Å². The number of aliphatic hydroxyl groups is 1. The van der Waals surface area contributed by atoms with Crippen LogP contribution in [0.4, 0.5) is 18.9 Å². The SMILES string of the molecule is O=C(C1CCN(c2cccc(C(F)(F)F)c2)CC1)N1CC[C@H](CC2CCC(O)(c3ccccn3)CC2)C1. The molecule has 200 valence electrons. The second-order valence-corrected chi connectivity index (χ2v) is 11.2. The molecule has 3 heterocycles. The molecule has 1 aromatic carbocycles. The van der Waals surface area contributed by atoms with Crippen LogP contribution in [-0.4, -0.2) is 47.1 Å². The van der Waals surface area contributed by atoms with Gasteiger partial charge >= 0.3 is 6.18 Å². The predicted molar refractivity (Wildman–Crippen MR) is 136 cm³/mol. The Balaban J connectivity index is 1.07. The third-order valence-corrected chi connectivity index (χ3v) is 8.72. The second kappa shape index (κ2) is 10.6. The molecule has 1 amide bonds. The van der Waals surface area contributed by atoms with Crippen molar-refractivity contribution >= 4 is 11.6 Å². The van der Waals surface area contributed by atoms with Crippen LogP contribution in [0.15, 0.2) is 48.7 Å². The van der Waals surface area contributed by atoms with Gasteiger partial charge in [-0.25, -0.2) is 0 Å². The van der Waals surface area contributed by atoms with Crippen LogP contribution < -0.4 is 4.90 Å². The molecule has 1 aromatic heterocycles. The highest BCUT2D eigenvalue weighted by Crippen LogP contribution is 2.42. The molecule has 37 heavy (non-hydrogen) atoms. The van der Waals surface area contributed by atoms with E-state index in [4.69, 9.17) is 0 Å². The third kappa shape index (κ3) is 5.95. The topological polar surface area (TPSA) is 56.7 Å². The van der Waals surface area contributed by atoms with Crippen LogP contribution in [0, 0.1) is 17.8 Å². The van der Waals surface area contributed by atoms with Crippen molar-refractivity contribution in [2.75, 3.05) is 31.1 Å². The molecular formula is C29H36F3N3O2. The smallest absolute Gasteiger partial charge is 0.384 e. The van der Waals surface area contributed by atoms with Crippen molar-refractivity contribution < 1.29 is 23.1 Å². The predicted octanol–water partition coefficient (Wildman–Crippen LogP) is 5.63. The standard InChI is InChI=1S/C29H36F3N3O2/c30-29(31,32)24-4-3-5-25(19-24)34-16-10-23(11-17-34)27(36)35-15-9-22(20-35)18-21-7-12-28(37,13-8-21)26-6-1-2-14-33-26/h1-6,14,19,21-23,37H,7-13,15-18,20H2/t21?,22-,28?/m1/s1. The van der Waals surface area contributed by atoms with Gasteiger partial charge in [-0.1, -0.05) is 12.1 Å². The van der Waals surface area contributed by atoms with Crippen LogP contribution >= 0.6 is 0 Å². The molecule has 3 aliphatic rings. The van der Waals surface area contributed by atoms with Crippen molar-refractivity contribution in [3.05, 3.63) is 59.9 Å². The Bertz CT molecular complexity index is 1060. The molecule has 2 aliphatic heterocycles. The molecule has 0 radical (unpaired) electrons. The van der Waals surface area contributed by atoms with Crippen LogP contribution in [0.3, 0.4) is 0 Å². The number of piperidine rings is 1. The summed E-state index contributed by atoms with van der Waals surface area (Å²) >= 11 is 0. The van der Waals surface area contributed by atoms with Crippen molar-refractivity contribution in [3.8, 4) is 0 Å². The number of likely N-dealkylation sites (tertiary alicyclic amines) is 1. The summed E-state index contributed by atoms with van der Waals surface area (Å²) in [6.07, 6.45) is 4.26. The minimum Gasteiger partial charge on any atom is -0.384 e. The van der Waals surface area contributed by atoms with Gasteiger partial charge in [-0.3, -0.25) is 9.78 Å².